The molecule has 1 aliphatic rings. The van der Waals surface area contributed by atoms with Crippen LogP contribution in [-0.2, 0) is 4.74 Å². The molecule has 1 fully saturated rings. The van der Waals surface area contributed by atoms with E-state index in [9.17, 15) is 0 Å². The van der Waals surface area contributed by atoms with E-state index in [1.165, 1.54) is 16.7 Å². The monoisotopic (exact) mass is 290 g/mol. The highest BCUT2D eigenvalue weighted by Crippen LogP contribution is 2.27. The van der Waals surface area contributed by atoms with Crippen molar-refractivity contribution in [3.63, 3.8) is 0 Å². The molecule has 1 aromatic carbocycles. The molecule has 1 aromatic rings. The van der Waals surface area contributed by atoms with Crippen molar-refractivity contribution in [3.8, 4) is 0 Å². The molecule has 0 bridgehead atoms. The van der Waals surface area contributed by atoms with Crippen LogP contribution in [-0.4, -0.2) is 37.2 Å². The normalized spacial score (nSPS) is 18.9. The predicted molar refractivity (Wildman–Crippen MR) is 88.5 cm³/mol. The third-order valence-electron chi connectivity index (χ3n) is 4.60. The number of nitrogens with two attached hydrogens (primary N) is 1. The average molecular weight is 290 g/mol. The Hall–Kier alpha value is -0.900. The summed E-state index contributed by atoms with van der Waals surface area (Å²) in [5, 5.41) is 0. The van der Waals surface area contributed by atoms with Gasteiger partial charge in [0.15, 0.2) is 0 Å². The lowest BCUT2D eigenvalue weighted by Gasteiger charge is -2.36. The second-order valence-corrected chi connectivity index (χ2v) is 6.28. The van der Waals surface area contributed by atoms with Crippen molar-refractivity contribution >= 4 is 0 Å². The van der Waals surface area contributed by atoms with Crippen LogP contribution in [0, 0.1) is 13.8 Å². The molecular formula is C18H30N2O. The molecule has 2 rings (SSSR count). The topological polar surface area (TPSA) is 38.5 Å². The number of hydrogen-bond acceptors (Lipinski definition) is 3. The van der Waals surface area contributed by atoms with Gasteiger partial charge in [0.2, 0.25) is 0 Å². The van der Waals surface area contributed by atoms with E-state index in [1.54, 1.807) is 0 Å². The summed E-state index contributed by atoms with van der Waals surface area (Å²) in [6, 6.07) is 7.30. The van der Waals surface area contributed by atoms with Gasteiger partial charge in [0.1, 0.15) is 0 Å². The molecule has 3 heteroatoms. The van der Waals surface area contributed by atoms with Crippen LogP contribution in [0.25, 0.3) is 0 Å². The highest BCUT2D eigenvalue weighted by molar-refractivity contribution is 5.32. The van der Waals surface area contributed by atoms with E-state index in [4.69, 9.17) is 10.5 Å². The van der Waals surface area contributed by atoms with Crippen LogP contribution >= 0.6 is 0 Å². The number of aryl methyl sites for hydroxylation is 2. The van der Waals surface area contributed by atoms with Crippen molar-refractivity contribution in [2.45, 2.75) is 52.2 Å². The van der Waals surface area contributed by atoms with Gasteiger partial charge < -0.3 is 10.5 Å². The number of hydrogen-bond donors (Lipinski definition) is 1. The van der Waals surface area contributed by atoms with Gasteiger partial charge in [0.05, 0.1) is 6.10 Å². The van der Waals surface area contributed by atoms with E-state index < -0.39 is 0 Å². The van der Waals surface area contributed by atoms with Gasteiger partial charge in [-0.3, -0.25) is 4.90 Å². The molecule has 118 valence electrons. The number of benzene rings is 1. The third-order valence-corrected chi connectivity index (χ3v) is 4.60. The zero-order chi connectivity index (χ0) is 15.2. The third kappa shape index (κ3) is 4.53. The maximum absolute atomic E-state index is 5.89. The maximum Gasteiger partial charge on any atom is 0.0599 e. The van der Waals surface area contributed by atoms with Gasteiger partial charge >= 0.3 is 0 Å². The molecule has 1 atom stereocenters. The Morgan fingerprint density at radius 1 is 1.29 bits per heavy atom. The smallest absolute Gasteiger partial charge is 0.0599 e. The second kappa shape index (κ2) is 7.92. The lowest BCUT2D eigenvalue weighted by Crippen LogP contribution is -2.38. The molecule has 0 radical (unpaired) electrons. The maximum atomic E-state index is 5.89. The Morgan fingerprint density at radius 3 is 2.62 bits per heavy atom. The molecule has 0 aliphatic carbocycles. The van der Waals surface area contributed by atoms with Crippen molar-refractivity contribution in [2.24, 2.45) is 5.73 Å². The number of likely N-dealkylation sites (tertiary alicyclic amines) is 1. The molecule has 1 heterocycles. The predicted octanol–water partition coefficient (Wildman–Crippen LogP) is 3.19. The summed E-state index contributed by atoms with van der Waals surface area (Å²) in [6.07, 6.45) is 3.68. The molecule has 1 unspecified atom stereocenters. The second-order valence-electron chi connectivity index (χ2n) is 6.28. The molecule has 2 N–H and O–H groups in total. The number of ether oxygens (including phenoxy) is 1. The van der Waals surface area contributed by atoms with Crippen LogP contribution < -0.4 is 5.73 Å². The molecule has 0 aromatic heterocycles. The molecule has 0 saturated carbocycles. The molecular weight excluding hydrogens is 260 g/mol. The summed E-state index contributed by atoms with van der Waals surface area (Å²) >= 11 is 0. The number of nitrogens with zero attached hydrogens (tertiary/aromatic N) is 1. The van der Waals surface area contributed by atoms with Crippen molar-refractivity contribution < 1.29 is 4.74 Å². The van der Waals surface area contributed by atoms with E-state index in [2.05, 4.69) is 43.9 Å². The van der Waals surface area contributed by atoms with Crippen molar-refractivity contribution in [1.82, 2.24) is 4.90 Å². The van der Waals surface area contributed by atoms with Crippen LogP contribution in [0.4, 0.5) is 0 Å². The minimum Gasteiger partial charge on any atom is -0.378 e. The van der Waals surface area contributed by atoms with Gasteiger partial charge in [-0.05, 0) is 57.7 Å². The highest BCUT2D eigenvalue weighted by atomic mass is 16.5. The minimum absolute atomic E-state index is 0.430. The first kappa shape index (κ1) is 16.5. The first-order valence-electron chi connectivity index (χ1n) is 8.24. The largest absolute Gasteiger partial charge is 0.378 e. The number of rotatable bonds is 6. The summed E-state index contributed by atoms with van der Waals surface area (Å²) in [6.45, 7) is 10.5. The SMILES string of the molecule is Cc1ccc(C(C)N2CCC(OCCCN)CC2)c(C)c1. The zero-order valence-corrected chi connectivity index (χ0v) is 13.8. The van der Waals surface area contributed by atoms with Crippen LogP contribution in [0.1, 0.15) is 48.9 Å². The first-order chi connectivity index (χ1) is 10.1. The van der Waals surface area contributed by atoms with E-state index in [-0.39, 0.29) is 0 Å². The minimum atomic E-state index is 0.430. The summed E-state index contributed by atoms with van der Waals surface area (Å²) in [5.41, 5.74) is 9.72. The van der Waals surface area contributed by atoms with Gasteiger partial charge in [-0.15, -0.1) is 0 Å². The Kier molecular flexibility index (Phi) is 6.22. The first-order valence-corrected chi connectivity index (χ1v) is 8.24. The van der Waals surface area contributed by atoms with Gasteiger partial charge in [-0.1, -0.05) is 23.8 Å². The highest BCUT2D eigenvalue weighted by Gasteiger charge is 2.24. The van der Waals surface area contributed by atoms with E-state index in [1.807, 2.05) is 0 Å². The van der Waals surface area contributed by atoms with Crippen LogP contribution in [0.3, 0.4) is 0 Å². The zero-order valence-electron chi connectivity index (χ0n) is 13.8. The van der Waals surface area contributed by atoms with Crippen LogP contribution in [0.2, 0.25) is 0 Å². The van der Waals surface area contributed by atoms with Crippen molar-refractivity contribution in [2.75, 3.05) is 26.2 Å². The fourth-order valence-electron chi connectivity index (χ4n) is 3.25. The summed E-state index contributed by atoms with van der Waals surface area (Å²) < 4.78 is 5.89. The lowest BCUT2D eigenvalue weighted by molar-refractivity contribution is -0.000795. The van der Waals surface area contributed by atoms with Gasteiger partial charge in [0, 0.05) is 25.7 Å². The fraction of sp³-hybridized carbons (Fsp3) is 0.667. The van der Waals surface area contributed by atoms with E-state index >= 15 is 0 Å². The van der Waals surface area contributed by atoms with Crippen LogP contribution in [0.15, 0.2) is 18.2 Å². The average Bonchev–Trinajstić information content (AvgIpc) is 2.48. The van der Waals surface area contributed by atoms with E-state index in [0.29, 0.717) is 12.1 Å². The van der Waals surface area contributed by atoms with Gasteiger partial charge in [-0.25, -0.2) is 0 Å². The fourth-order valence-corrected chi connectivity index (χ4v) is 3.25. The van der Waals surface area contributed by atoms with Gasteiger partial charge in [-0.2, -0.15) is 0 Å². The van der Waals surface area contributed by atoms with E-state index in [0.717, 1.165) is 45.5 Å². The summed E-state index contributed by atoms with van der Waals surface area (Å²) in [7, 11) is 0. The molecule has 1 aliphatic heterocycles. The van der Waals surface area contributed by atoms with Gasteiger partial charge in [0.25, 0.3) is 0 Å². The molecule has 0 spiro atoms. The summed E-state index contributed by atoms with van der Waals surface area (Å²) in [5.74, 6) is 0. The molecule has 21 heavy (non-hydrogen) atoms. The Labute approximate surface area is 129 Å². The van der Waals surface area contributed by atoms with Crippen LogP contribution in [0.5, 0.6) is 0 Å². The molecule has 3 nitrogen and oxygen atoms in total. The Bertz CT molecular complexity index is 439. The van der Waals surface area contributed by atoms with Crippen molar-refractivity contribution in [1.29, 1.82) is 0 Å². The summed E-state index contributed by atoms with van der Waals surface area (Å²) in [4.78, 5) is 2.58. The number of piperidine rings is 1. The standard InChI is InChI=1S/C18H30N2O/c1-14-5-6-18(15(2)13-14)16(3)20-10-7-17(8-11-20)21-12-4-9-19/h5-6,13,16-17H,4,7-12,19H2,1-3H3. The molecule has 1 saturated heterocycles. The Balaban J connectivity index is 1.86. The molecule has 0 amide bonds. The quantitative estimate of drug-likeness (QED) is 0.818. The van der Waals surface area contributed by atoms with Crippen molar-refractivity contribution in [3.05, 3.63) is 34.9 Å². The Morgan fingerprint density at radius 2 is 2.00 bits per heavy atom. The lowest BCUT2D eigenvalue weighted by atomic mass is 9.97.